The molecule has 95 heavy (non-hydrogen) atoms. The van der Waals surface area contributed by atoms with Crippen molar-refractivity contribution in [2.24, 2.45) is 0 Å². The molecule has 64 heteroatoms. The quantitative estimate of drug-likeness (QED) is 0.0278. The van der Waals surface area contributed by atoms with E-state index in [1.807, 2.05) is 0 Å². The van der Waals surface area contributed by atoms with E-state index in [0.29, 0.717) is 7.11 Å². The molecule has 0 aliphatic carbocycles. The molecule has 0 aromatic carbocycles. The number of nitrogens with one attached hydrogen (secondary N) is 3. The summed E-state index contributed by atoms with van der Waals surface area (Å²) >= 11 is 0. The van der Waals surface area contributed by atoms with E-state index in [1.165, 1.54) is 9.44 Å². The Balaban J connectivity index is 1.67. The summed E-state index contributed by atoms with van der Waals surface area (Å²) in [5.41, 5.74) is 0. The Kier molecular flexibility index (Phi) is 27.2. The summed E-state index contributed by atoms with van der Waals surface area (Å²) in [6, 6.07) is -8.50. The predicted molar refractivity (Wildman–Crippen MR) is 272 cm³/mol. The lowest BCUT2D eigenvalue weighted by molar-refractivity contribution is -0.372. The highest BCUT2D eigenvalue weighted by atomic mass is 32.3. The van der Waals surface area contributed by atoms with Crippen LogP contribution >= 0.6 is 0 Å². The van der Waals surface area contributed by atoms with Gasteiger partial charge in [0.1, 0.15) is 104 Å². The number of aliphatic hydroxyl groups is 5. The minimum Gasteiger partial charge on any atom is -0.479 e. The standard InChI is InChI=1S/C31H53N3O52S9/c1-71-27-9(33-88(47,48)49)13(37)16(6(76-27)3-73-91(56,57)58)78-31-24(86-95(68,69)70)21(85-94(65,66)67)20(23(83-31)26(42)43)81-29-10(34-89(50,51)52)18(84-93(62,63)64)17(7(77-29)4-74-92(59,60)61)79-30-15(39)14(38)19(22(82-30)25(40)41)80-28-8(32-87(44,45)46)12(36)11(35)5(75-28)2-72-90(53,54)55/h5-24,27-39H,2-4H2,1H3,(H,40,41)(H,42,43)(H,44,45,46)(H,47,48,49)(H,50,51,52)(H,53,54,55)(H,56,57,58)(H,59,60,61)(H,62,63,64)(H,65,66,67)(H,68,69,70)/t5-,6-,7-,8-,9-,10-,11-,12-,13-,14-,15-,16-,17-,18-,19+,20+,21+,22+,23-,24-,27+,28-,29-,30-,31-/m1/s1. The highest BCUT2D eigenvalue weighted by Crippen LogP contribution is 2.40. The molecule has 25 atom stereocenters. The number of carboxylic acid groups (broad SMARTS) is 2. The number of ether oxygens (including phenoxy) is 10. The number of carboxylic acids is 2. The van der Waals surface area contributed by atoms with Crippen molar-refractivity contribution in [3.63, 3.8) is 0 Å². The molecule has 0 aromatic heterocycles. The highest BCUT2D eigenvalue weighted by molar-refractivity contribution is 7.84. The van der Waals surface area contributed by atoms with Gasteiger partial charge in [0.2, 0.25) is 0 Å². The summed E-state index contributed by atoms with van der Waals surface area (Å²) < 4.78 is 387. The van der Waals surface area contributed by atoms with Gasteiger partial charge < -0.3 is 83.1 Å². The van der Waals surface area contributed by atoms with Crippen molar-refractivity contribution in [3.05, 3.63) is 0 Å². The fraction of sp³-hybridized carbons (Fsp3) is 0.935. The largest absolute Gasteiger partial charge is 0.479 e. The zero-order chi connectivity index (χ0) is 72.6. The van der Waals surface area contributed by atoms with Gasteiger partial charge in [-0.15, -0.1) is 0 Å². The van der Waals surface area contributed by atoms with Crippen molar-refractivity contribution in [2.45, 2.75) is 153 Å². The van der Waals surface area contributed by atoms with Crippen LogP contribution in [0.15, 0.2) is 0 Å². The van der Waals surface area contributed by atoms with Crippen LogP contribution in [0.3, 0.4) is 0 Å². The zero-order valence-electron chi connectivity index (χ0n) is 45.6. The van der Waals surface area contributed by atoms with Crippen molar-refractivity contribution < 1.29 is 235 Å². The third-order valence-electron chi connectivity index (χ3n) is 12.6. The van der Waals surface area contributed by atoms with E-state index in [2.05, 4.69) is 25.1 Å². The van der Waals surface area contributed by atoms with E-state index in [1.54, 1.807) is 0 Å². The lowest BCUT2D eigenvalue weighted by Gasteiger charge is -2.50. The van der Waals surface area contributed by atoms with Crippen LogP contribution < -0.4 is 14.2 Å². The maximum Gasteiger partial charge on any atom is 0.397 e. The van der Waals surface area contributed by atoms with Crippen LogP contribution in [0.5, 0.6) is 0 Å². The Morgan fingerprint density at radius 3 is 1.13 bits per heavy atom. The SMILES string of the molecule is CO[C@H]1O[C@H](COS(=O)(=O)O)[C@@H](O[C@@H]2O[C@@H](C(=O)O)[C@@H](O[C@H]3O[C@H](COS(=O)(=O)O)[C@@H](O[C@@H]4O[C@H](C(=O)O)[C@@H](O[C@H]5O[C@H](COS(=O)(=O)O)[C@@H](O)[C@H](O)[C@H]5NS(=O)(=O)O)[C@H](O)[C@H]4O)[C@H](OS(=O)(=O)O)[C@H]3NS(=O)(=O)O)[C@H](OS(=O)(=O)O)[C@H]2OS(=O)(=O)O)[C@H](O)[C@H]1NS(=O)(=O)O. The molecule has 558 valence electrons. The third-order valence-corrected chi connectivity index (χ3v) is 17.0. The topological polar surface area (TPSA) is 849 Å². The smallest absolute Gasteiger partial charge is 0.397 e. The molecule has 0 spiro atoms. The number of aliphatic hydroxyl groups excluding tert-OH is 5. The van der Waals surface area contributed by atoms with Gasteiger partial charge in [-0.25, -0.2) is 34.7 Å². The van der Waals surface area contributed by atoms with Crippen LogP contribution in [0.2, 0.25) is 0 Å². The molecule has 5 aliphatic heterocycles. The zero-order valence-corrected chi connectivity index (χ0v) is 52.9. The molecular weight excluding hydrogens is 1530 g/mol. The van der Waals surface area contributed by atoms with Crippen LogP contribution in [0.4, 0.5) is 0 Å². The second-order valence-corrected chi connectivity index (χ2v) is 29.2. The molecule has 0 radical (unpaired) electrons. The van der Waals surface area contributed by atoms with Gasteiger partial charge in [-0.3, -0.25) is 41.0 Å². The van der Waals surface area contributed by atoms with Crippen molar-refractivity contribution in [3.8, 4) is 0 Å². The van der Waals surface area contributed by atoms with Crippen LogP contribution in [0, 0.1) is 0 Å². The summed E-state index contributed by atoms with van der Waals surface area (Å²) in [6.45, 7) is -5.31. The number of rotatable bonds is 32. The van der Waals surface area contributed by atoms with E-state index in [0.717, 1.165) is 4.72 Å². The van der Waals surface area contributed by atoms with E-state index >= 15 is 0 Å². The second-order valence-electron chi connectivity index (χ2n) is 19.2. The molecule has 0 bridgehead atoms. The van der Waals surface area contributed by atoms with E-state index in [9.17, 15) is 158 Å². The molecule has 0 unspecified atom stereocenters. The first kappa shape index (κ1) is 82.8. The van der Waals surface area contributed by atoms with Crippen molar-refractivity contribution in [1.82, 2.24) is 14.2 Å². The third kappa shape index (κ3) is 24.7. The number of carbonyl (C=O) groups is 2. The average Bonchev–Trinajstić information content (AvgIpc) is 0.759. The molecule has 5 saturated heterocycles. The van der Waals surface area contributed by atoms with Crippen molar-refractivity contribution >= 4 is 105 Å². The molecular formula is C31H53N3O52S9. The average molecular weight is 1590 g/mol. The predicted octanol–water partition coefficient (Wildman–Crippen LogP) is -13.9. The Bertz CT molecular complexity index is 3770. The van der Waals surface area contributed by atoms with Gasteiger partial charge >= 0.3 is 105 Å². The van der Waals surface area contributed by atoms with E-state index in [4.69, 9.17) is 51.9 Å². The number of hydrogen-bond acceptors (Lipinski definition) is 41. The summed E-state index contributed by atoms with van der Waals surface area (Å²) in [7, 11) is -53.3. The summed E-state index contributed by atoms with van der Waals surface area (Å²) in [4.78, 5) is 26.0. The van der Waals surface area contributed by atoms with Gasteiger partial charge in [0.15, 0.2) is 49.8 Å². The number of aliphatic carboxylic acids is 2. The van der Waals surface area contributed by atoms with E-state index < -0.39 is 278 Å². The number of hydrogen-bond donors (Lipinski definition) is 19. The highest BCUT2D eigenvalue weighted by Gasteiger charge is 2.62. The Labute approximate surface area is 531 Å². The van der Waals surface area contributed by atoms with Gasteiger partial charge in [0.25, 0.3) is 0 Å². The molecule has 0 aromatic rings. The molecule has 0 amide bonds. The van der Waals surface area contributed by atoms with Crippen LogP contribution in [0.25, 0.3) is 0 Å². The first-order valence-electron chi connectivity index (χ1n) is 24.2. The molecule has 5 heterocycles. The lowest BCUT2D eigenvalue weighted by atomic mass is 9.94. The second kappa shape index (κ2) is 31.2. The van der Waals surface area contributed by atoms with Crippen LogP contribution in [-0.4, -0.2) is 345 Å². The monoisotopic (exact) mass is 1590 g/mol. The van der Waals surface area contributed by atoms with Gasteiger partial charge in [-0.1, -0.05) is 0 Å². The molecule has 19 N–H and O–H groups in total. The fourth-order valence-corrected chi connectivity index (χ4v) is 13.4. The summed E-state index contributed by atoms with van der Waals surface area (Å²) in [5.74, 6) is -5.14. The normalized spacial score (nSPS) is 37.7. The summed E-state index contributed by atoms with van der Waals surface area (Å²) in [5, 5.41) is 76.4. The van der Waals surface area contributed by atoms with Crippen LogP contribution in [-0.2, 0) is 175 Å². The number of methoxy groups -OCH3 is 1. The molecule has 5 rings (SSSR count). The van der Waals surface area contributed by atoms with Gasteiger partial charge in [0.05, 0.1) is 19.8 Å². The van der Waals surface area contributed by atoms with Gasteiger partial charge in [0, 0.05) is 7.11 Å². The first-order chi connectivity index (χ1) is 42.8. The van der Waals surface area contributed by atoms with Gasteiger partial charge in [-0.05, 0) is 0 Å². The Morgan fingerprint density at radius 2 is 0.684 bits per heavy atom. The molecule has 55 nitrogen and oxygen atoms in total. The molecule has 5 aliphatic rings. The van der Waals surface area contributed by atoms with Crippen molar-refractivity contribution in [2.75, 3.05) is 26.9 Å². The Hall–Kier alpha value is -2.83. The maximum atomic E-state index is 13.2. The fourth-order valence-electron chi connectivity index (χ4n) is 9.21. The maximum absolute atomic E-state index is 13.2. The summed E-state index contributed by atoms with van der Waals surface area (Å²) in [6.07, 6.45) is -66.7. The van der Waals surface area contributed by atoms with Crippen molar-refractivity contribution in [1.29, 1.82) is 0 Å². The molecule has 5 fully saturated rings. The minimum atomic E-state index is -6.49. The lowest BCUT2D eigenvalue weighted by Crippen LogP contribution is -2.71. The molecule has 0 saturated carbocycles. The van der Waals surface area contributed by atoms with Crippen LogP contribution in [0.1, 0.15) is 0 Å². The first-order valence-corrected chi connectivity index (χ1v) is 36.7. The Morgan fingerprint density at radius 1 is 0.337 bits per heavy atom. The minimum absolute atomic E-state index is 0.680. The van der Waals surface area contributed by atoms with E-state index in [-0.39, 0.29) is 0 Å². The van der Waals surface area contributed by atoms with Gasteiger partial charge in [-0.2, -0.15) is 89.9 Å².